The standard InChI is InChI=1S/C32H41N3O9.C28H44N4O6.C2H8N2.S4/c36-30(41-19-28-24-9-5-1-2-6-10-25(24)28)33-17-23(44-32(38)43-22-15-13-21(14-16-22)35(39)40)18-34-31(37)42-20-29-26-11-7-3-4-8-12-27(26)29;29-13-14-30-28(35)38-19(15-31-26(33)36-17-24-20-9-5-1-2-6-10-21(20)24)16-32-27(34)37-18-25-22-11-7-3-4-8-12-23(22)25;3-1-2-4;1-3-4-2/h1-4,13-16,23-29H,5-12,17-20H2,(H,33,36)(H,34,37);1-4,19-25H,5-18,29H2,(H,30,35)(H,31,33)(H,32,34);1-4H2;/b2*2-1+,4-3+;;/t23?,24-,25+,26-,27+,28?,29?;19?,20-,21+,22-,23+,24?,25?;;. The largest absolute Gasteiger partial charge is 0.514 e. The summed E-state index contributed by atoms with van der Waals surface area (Å²) in [5.74, 6) is 6.48. The number of carbonyl (C=O) groups is 6. The van der Waals surface area contributed by atoms with Crippen LogP contribution in [0.5, 0.6) is 5.75 Å². The van der Waals surface area contributed by atoms with Crippen molar-refractivity contribution in [2.75, 3.05) is 78.8 Å². The molecule has 1 aromatic carbocycles. The second kappa shape index (κ2) is 40.7. The molecule has 8 aliphatic rings. The van der Waals surface area contributed by atoms with E-state index in [2.05, 4.69) is 97.6 Å². The molecule has 12 atom stereocenters. The molecule has 0 spiro atoms. The Morgan fingerprint density at radius 2 is 0.744 bits per heavy atom. The molecule has 0 saturated heterocycles. The lowest BCUT2D eigenvalue weighted by atomic mass is 10.1. The van der Waals surface area contributed by atoms with E-state index in [9.17, 15) is 38.9 Å². The van der Waals surface area contributed by atoms with E-state index in [1.54, 1.807) is 0 Å². The van der Waals surface area contributed by atoms with Gasteiger partial charge in [0.25, 0.3) is 5.69 Å². The first-order valence-electron chi connectivity index (χ1n) is 31.8. The number of nitro benzene ring substituents is 1. The van der Waals surface area contributed by atoms with E-state index in [4.69, 9.17) is 50.4 Å². The molecular formula is C62H93N9O15S4. The Hall–Kier alpha value is -6.04. The summed E-state index contributed by atoms with van der Waals surface area (Å²) in [5.41, 5.74) is 15.1. The second-order valence-electron chi connectivity index (χ2n) is 23.7. The molecule has 4 unspecified atom stereocenters. The monoisotopic (exact) mass is 1330 g/mol. The lowest BCUT2D eigenvalue weighted by molar-refractivity contribution is -0.384. The van der Waals surface area contributed by atoms with E-state index in [0.29, 0.717) is 111 Å². The van der Waals surface area contributed by atoms with Crippen molar-refractivity contribution in [3.05, 3.63) is 83.0 Å². The minimum absolute atomic E-state index is 0.00360. The van der Waals surface area contributed by atoms with Gasteiger partial charge >= 0.3 is 36.6 Å². The van der Waals surface area contributed by atoms with Crippen LogP contribution >= 0.6 is 0 Å². The fourth-order valence-corrected chi connectivity index (χ4v) is 13.0. The molecule has 0 radical (unpaired) electrons. The molecule has 0 aromatic heterocycles. The van der Waals surface area contributed by atoms with Gasteiger partial charge in [0.1, 0.15) is 18.0 Å². The Bertz CT molecular complexity index is 2470. The van der Waals surface area contributed by atoms with Crippen molar-refractivity contribution >= 4 is 82.4 Å². The van der Waals surface area contributed by atoms with Gasteiger partial charge in [-0.25, -0.2) is 28.8 Å². The van der Waals surface area contributed by atoms with Crippen molar-refractivity contribution in [2.45, 2.75) is 115 Å². The Morgan fingerprint density at radius 3 is 1.00 bits per heavy atom. The second-order valence-corrected chi connectivity index (χ2v) is 27.2. The highest BCUT2D eigenvalue weighted by Gasteiger charge is 2.52. The summed E-state index contributed by atoms with van der Waals surface area (Å²) in [6, 6.07) is 4.93. The number of ether oxygens (including phenoxy) is 7. The van der Waals surface area contributed by atoms with Crippen LogP contribution in [0.25, 0.3) is 0 Å². The molecule has 4 fully saturated rings. The van der Waals surface area contributed by atoms with Crippen LogP contribution in [0, 0.1) is 81.1 Å². The van der Waals surface area contributed by atoms with Crippen molar-refractivity contribution in [1.82, 2.24) is 26.6 Å². The molecule has 1 aromatic rings. The molecule has 9 rings (SSSR count). The summed E-state index contributed by atoms with van der Waals surface area (Å²) in [4.78, 5) is 84.5. The Morgan fingerprint density at radius 1 is 0.456 bits per heavy atom. The number of alkyl carbamates (subject to hydrolysis) is 5. The van der Waals surface area contributed by atoms with E-state index in [1.165, 1.54) is 42.0 Å². The maximum atomic E-state index is 12.5. The Labute approximate surface area is 543 Å². The third-order valence-corrected chi connectivity index (χ3v) is 20.2. The molecule has 11 N–H and O–H groups in total. The number of nitrogens with one attached hydrogen (secondary N) is 5. The SMILES string of the molecule is NCCN.NCCNC(=O)OC(CNC(=O)OCC1[C@H]2CC/C=C/CC[C@@H]12)CNC(=O)OCC1[C@H]2CC/C=C/CC[C@@H]12.O=C(NCC(CNC(=O)OCC1[C@H]2CC/C=C/CC[C@@H]12)OC(=O)Oc1ccc([N+](=O)[O-])cc1)OCC1[C@H]2CC/C=C/CC[C@@H]12.S=S=S=S. The molecule has 500 valence electrons. The first-order chi connectivity index (χ1) is 43.8. The fourth-order valence-electron chi connectivity index (χ4n) is 13.0. The van der Waals surface area contributed by atoms with E-state index in [0.717, 1.165) is 103 Å². The van der Waals surface area contributed by atoms with Gasteiger partial charge in [-0.15, -0.1) is 0 Å². The van der Waals surface area contributed by atoms with Crippen LogP contribution in [0.1, 0.15) is 103 Å². The Kier molecular flexibility index (Phi) is 33.1. The van der Waals surface area contributed by atoms with Crippen molar-refractivity contribution in [3.8, 4) is 5.75 Å². The number of hydrogen-bond acceptors (Lipinski definition) is 20. The molecule has 0 heterocycles. The van der Waals surface area contributed by atoms with Crippen LogP contribution in [0.3, 0.4) is 0 Å². The third-order valence-electron chi connectivity index (χ3n) is 18.0. The van der Waals surface area contributed by atoms with Gasteiger partial charge in [-0.1, -0.05) is 48.6 Å². The van der Waals surface area contributed by atoms with Gasteiger partial charge in [-0.05, 0) is 186 Å². The number of allylic oxidation sites excluding steroid dienone is 8. The van der Waals surface area contributed by atoms with E-state index in [1.807, 2.05) is 0 Å². The molecule has 0 aliphatic heterocycles. The highest BCUT2D eigenvalue weighted by Crippen LogP contribution is 2.55. The van der Waals surface area contributed by atoms with Crippen molar-refractivity contribution < 1.29 is 66.8 Å². The lowest BCUT2D eigenvalue weighted by Gasteiger charge is -2.19. The summed E-state index contributed by atoms with van der Waals surface area (Å²) >= 11 is 8.66. The summed E-state index contributed by atoms with van der Waals surface area (Å²) in [7, 11) is 2.34. The number of hydrogen-bond donors (Lipinski definition) is 8. The van der Waals surface area contributed by atoms with Gasteiger partial charge in [-0.3, -0.25) is 10.1 Å². The number of non-ortho nitro benzene ring substituents is 1. The number of nitrogens with zero attached hydrogens (tertiary/aromatic N) is 1. The number of benzene rings is 1. The van der Waals surface area contributed by atoms with Crippen LogP contribution in [-0.2, 0) is 68.6 Å². The molecule has 4 saturated carbocycles. The zero-order valence-electron chi connectivity index (χ0n) is 51.2. The Balaban J connectivity index is 0.000000258. The normalized spacial score (nSPS) is 28.0. The topological polar surface area (TPSA) is 348 Å². The first kappa shape index (κ1) is 73.0. The van der Waals surface area contributed by atoms with Crippen molar-refractivity contribution in [3.63, 3.8) is 0 Å². The van der Waals surface area contributed by atoms with Gasteiger partial charge in [0.05, 0.1) is 57.5 Å². The summed E-state index contributed by atoms with van der Waals surface area (Å²) in [6.45, 7) is 2.89. The molecule has 28 heteroatoms. The zero-order valence-corrected chi connectivity index (χ0v) is 54.5. The van der Waals surface area contributed by atoms with Gasteiger partial charge in [0.15, 0.2) is 0 Å². The zero-order chi connectivity index (χ0) is 64.5. The fraction of sp³-hybridized carbons (Fsp3) is 0.677. The summed E-state index contributed by atoms with van der Waals surface area (Å²) in [6.07, 6.45) is 29.4. The number of nitrogens with two attached hydrogens (primary N) is 3. The third kappa shape index (κ3) is 26.7. The van der Waals surface area contributed by atoms with E-state index >= 15 is 0 Å². The minimum atomic E-state index is -1.10. The first-order valence-corrected chi connectivity index (χ1v) is 35.8. The van der Waals surface area contributed by atoms with Crippen LogP contribution in [0.4, 0.5) is 34.5 Å². The number of rotatable bonds is 23. The van der Waals surface area contributed by atoms with Crippen LogP contribution in [0.2, 0.25) is 0 Å². The maximum Gasteiger partial charge on any atom is 0.514 e. The van der Waals surface area contributed by atoms with Gasteiger partial charge in [0.2, 0.25) is 0 Å². The molecule has 0 bridgehead atoms. The summed E-state index contributed by atoms with van der Waals surface area (Å²) in [5, 5.41) is 23.9. The minimum Gasteiger partial charge on any atom is -0.449 e. The molecular weight excluding hydrogens is 1240 g/mol. The predicted molar refractivity (Wildman–Crippen MR) is 349 cm³/mol. The van der Waals surface area contributed by atoms with Crippen molar-refractivity contribution in [2.24, 2.45) is 88.2 Å². The number of amides is 5. The maximum absolute atomic E-state index is 12.5. The van der Waals surface area contributed by atoms with E-state index < -0.39 is 53.8 Å². The summed E-state index contributed by atoms with van der Waals surface area (Å²) < 4.78 is 37.7. The van der Waals surface area contributed by atoms with Crippen LogP contribution in [0.15, 0.2) is 72.9 Å². The smallest absolute Gasteiger partial charge is 0.449 e. The highest BCUT2D eigenvalue weighted by molar-refractivity contribution is 8.51. The molecule has 5 amide bonds. The van der Waals surface area contributed by atoms with Crippen molar-refractivity contribution in [1.29, 1.82) is 0 Å². The molecule has 24 nitrogen and oxygen atoms in total. The quantitative estimate of drug-likeness (QED) is 0.0127. The van der Waals surface area contributed by atoms with Gasteiger partial charge in [-0.2, -0.15) is 0 Å². The van der Waals surface area contributed by atoms with Crippen LogP contribution in [-0.4, -0.2) is 133 Å². The lowest BCUT2D eigenvalue weighted by Crippen LogP contribution is -2.45. The van der Waals surface area contributed by atoms with Gasteiger partial charge < -0.3 is 76.9 Å². The van der Waals surface area contributed by atoms with Gasteiger partial charge in [0, 0.05) is 78.4 Å². The number of carbonyl (C=O) groups excluding carboxylic acids is 6. The molecule has 8 aliphatic carbocycles. The molecule has 90 heavy (non-hydrogen) atoms. The number of nitro groups is 1. The predicted octanol–water partition coefficient (Wildman–Crippen LogP) is 8.29. The van der Waals surface area contributed by atoms with Crippen LogP contribution < -0.4 is 48.5 Å². The average molecular weight is 1330 g/mol. The number of fused-ring (bicyclic) bond motifs is 4. The highest BCUT2D eigenvalue weighted by atomic mass is 33.2. The van der Waals surface area contributed by atoms with E-state index in [-0.39, 0.29) is 50.7 Å². The average Bonchev–Trinajstić information content (AvgIpc) is 1.70.